The van der Waals surface area contributed by atoms with Crippen LogP contribution in [0.15, 0.2) is 18.3 Å². The number of hydrogen-bond acceptors (Lipinski definition) is 4. The number of likely N-dealkylation sites (N-methyl/N-ethyl adjacent to an activating group) is 1. The first-order chi connectivity index (χ1) is 7.85. The zero-order valence-electron chi connectivity index (χ0n) is 9.61. The quantitative estimate of drug-likeness (QED) is 0.793. The minimum Gasteiger partial charge on any atom is -0.368 e. The first-order valence-corrected chi connectivity index (χ1v) is 6.00. The first kappa shape index (κ1) is 9.90. The standard InChI is InChI=1S/C12H18N4/c1-13-10-7-16(8-10)11-4-5-14-12(6-11)15-9-2-3-9/h4-6,9-10,13H,2-3,7-8H2,1H3,(H,14,15). The molecule has 0 radical (unpaired) electrons. The second kappa shape index (κ2) is 3.94. The maximum atomic E-state index is 4.35. The second-order valence-electron chi connectivity index (χ2n) is 4.71. The lowest BCUT2D eigenvalue weighted by atomic mass is 10.1. The molecule has 0 bridgehead atoms. The number of nitrogens with one attached hydrogen (secondary N) is 2. The zero-order chi connectivity index (χ0) is 11.0. The molecule has 0 aromatic carbocycles. The van der Waals surface area contributed by atoms with Gasteiger partial charge in [-0.3, -0.25) is 0 Å². The summed E-state index contributed by atoms with van der Waals surface area (Å²) in [6.07, 6.45) is 4.47. The van der Waals surface area contributed by atoms with Crippen molar-refractivity contribution in [2.45, 2.75) is 24.9 Å². The van der Waals surface area contributed by atoms with E-state index in [1.54, 1.807) is 0 Å². The van der Waals surface area contributed by atoms with Gasteiger partial charge in [0.2, 0.25) is 0 Å². The number of nitrogens with zero attached hydrogens (tertiary/aromatic N) is 2. The maximum Gasteiger partial charge on any atom is 0.128 e. The Kier molecular flexibility index (Phi) is 2.44. The van der Waals surface area contributed by atoms with Crippen LogP contribution >= 0.6 is 0 Å². The molecule has 3 rings (SSSR count). The van der Waals surface area contributed by atoms with Crippen molar-refractivity contribution < 1.29 is 0 Å². The molecule has 1 aliphatic heterocycles. The molecule has 0 spiro atoms. The molecule has 2 aliphatic rings. The van der Waals surface area contributed by atoms with Gasteiger partial charge in [-0.2, -0.15) is 0 Å². The molecule has 16 heavy (non-hydrogen) atoms. The Morgan fingerprint density at radius 1 is 1.31 bits per heavy atom. The molecule has 2 heterocycles. The van der Waals surface area contributed by atoms with Crippen molar-refractivity contribution in [2.75, 3.05) is 30.4 Å². The predicted octanol–water partition coefficient (Wildman–Crippen LogP) is 1.06. The Labute approximate surface area is 96.1 Å². The number of pyridine rings is 1. The minimum atomic E-state index is 0.646. The lowest BCUT2D eigenvalue weighted by Gasteiger charge is -2.40. The largest absolute Gasteiger partial charge is 0.368 e. The minimum absolute atomic E-state index is 0.646. The first-order valence-electron chi connectivity index (χ1n) is 6.00. The Balaban J connectivity index is 1.65. The highest BCUT2D eigenvalue weighted by molar-refractivity contribution is 5.56. The molecule has 2 fully saturated rings. The van der Waals surface area contributed by atoms with Crippen LogP contribution in [0.5, 0.6) is 0 Å². The molecule has 4 heteroatoms. The molecule has 1 aromatic heterocycles. The van der Waals surface area contributed by atoms with E-state index in [-0.39, 0.29) is 0 Å². The fraction of sp³-hybridized carbons (Fsp3) is 0.583. The van der Waals surface area contributed by atoms with Gasteiger partial charge in [-0.05, 0) is 26.0 Å². The van der Waals surface area contributed by atoms with Crippen molar-refractivity contribution in [2.24, 2.45) is 0 Å². The maximum absolute atomic E-state index is 4.35. The van der Waals surface area contributed by atoms with Gasteiger partial charge in [0.1, 0.15) is 5.82 Å². The topological polar surface area (TPSA) is 40.2 Å². The van der Waals surface area contributed by atoms with Crippen LogP contribution in [0, 0.1) is 0 Å². The number of rotatable bonds is 4. The third kappa shape index (κ3) is 1.97. The summed E-state index contributed by atoms with van der Waals surface area (Å²) in [5, 5.41) is 6.72. The zero-order valence-corrected chi connectivity index (χ0v) is 9.61. The van der Waals surface area contributed by atoms with Crippen LogP contribution in [-0.4, -0.2) is 37.2 Å². The summed E-state index contributed by atoms with van der Waals surface area (Å²) in [7, 11) is 2.02. The third-order valence-electron chi connectivity index (χ3n) is 3.33. The second-order valence-corrected chi connectivity index (χ2v) is 4.71. The average molecular weight is 218 g/mol. The number of aromatic nitrogens is 1. The van der Waals surface area contributed by atoms with E-state index in [9.17, 15) is 0 Å². The van der Waals surface area contributed by atoms with E-state index in [0.717, 1.165) is 18.9 Å². The number of hydrogen-bond donors (Lipinski definition) is 2. The van der Waals surface area contributed by atoms with E-state index in [4.69, 9.17) is 0 Å². The third-order valence-corrected chi connectivity index (χ3v) is 3.33. The Morgan fingerprint density at radius 3 is 2.81 bits per heavy atom. The van der Waals surface area contributed by atoms with Crippen molar-refractivity contribution in [3.8, 4) is 0 Å². The van der Waals surface area contributed by atoms with Crippen molar-refractivity contribution in [1.82, 2.24) is 10.3 Å². The smallest absolute Gasteiger partial charge is 0.128 e. The monoisotopic (exact) mass is 218 g/mol. The molecule has 1 saturated heterocycles. The van der Waals surface area contributed by atoms with Crippen molar-refractivity contribution in [3.63, 3.8) is 0 Å². The molecular weight excluding hydrogens is 200 g/mol. The van der Waals surface area contributed by atoms with Gasteiger partial charge in [0.25, 0.3) is 0 Å². The van der Waals surface area contributed by atoms with Crippen LogP contribution in [0.2, 0.25) is 0 Å². The van der Waals surface area contributed by atoms with E-state index < -0.39 is 0 Å². The van der Waals surface area contributed by atoms with Crippen LogP contribution in [0.3, 0.4) is 0 Å². The van der Waals surface area contributed by atoms with Gasteiger partial charge < -0.3 is 15.5 Å². The van der Waals surface area contributed by atoms with Crippen LogP contribution in [-0.2, 0) is 0 Å². The van der Waals surface area contributed by atoms with Gasteiger partial charge in [-0.25, -0.2) is 4.98 Å². The van der Waals surface area contributed by atoms with E-state index in [1.165, 1.54) is 18.5 Å². The predicted molar refractivity (Wildman–Crippen MR) is 65.9 cm³/mol. The molecule has 1 saturated carbocycles. The number of anilines is 2. The summed E-state index contributed by atoms with van der Waals surface area (Å²) in [5.74, 6) is 1.02. The summed E-state index contributed by atoms with van der Waals surface area (Å²) in [6.45, 7) is 2.20. The Morgan fingerprint density at radius 2 is 2.12 bits per heavy atom. The average Bonchev–Trinajstić information content (AvgIpc) is 3.01. The van der Waals surface area contributed by atoms with E-state index in [1.807, 2.05) is 13.2 Å². The summed E-state index contributed by atoms with van der Waals surface area (Å²) < 4.78 is 0. The van der Waals surface area contributed by atoms with Crippen molar-refractivity contribution >= 4 is 11.5 Å². The lowest BCUT2D eigenvalue weighted by molar-refractivity contribution is 0.450. The summed E-state index contributed by atoms with van der Waals surface area (Å²) in [5.41, 5.74) is 1.28. The van der Waals surface area contributed by atoms with Crippen LogP contribution < -0.4 is 15.5 Å². The molecule has 86 valence electrons. The van der Waals surface area contributed by atoms with Crippen LogP contribution in [0.25, 0.3) is 0 Å². The Hall–Kier alpha value is -1.29. The van der Waals surface area contributed by atoms with Crippen molar-refractivity contribution in [1.29, 1.82) is 0 Å². The summed E-state index contributed by atoms with van der Waals surface area (Å²) in [6, 6.07) is 5.56. The molecule has 0 amide bonds. The lowest BCUT2D eigenvalue weighted by Crippen LogP contribution is -2.57. The SMILES string of the molecule is CNC1CN(c2ccnc(NC3CC3)c2)C1. The molecule has 1 aliphatic carbocycles. The fourth-order valence-corrected chi connectivity index (χ4v) is 2.00. The van der Waals surface area contributed by atoms with Crippen LogP contribution in [0.4, 0.5) is 11.5 Å². The highest BCUT2D eigenvalue weighted by Crippen LogP contribution is 2.27. The summed E-state index contributed by atoms with van der Waals surface area (Å²) in [4.78, 5) is 6.72. The van der Waals surface area contributed by atoms with Crippen molar-refractivity contribution in [3.05, 3.63) is 18.3 Å². The molecule has 0 unspecified atom stereocenters. The molecule has 4 nitrogen and oxygen atoms in total. The molecule has 0 atom stereocenters. The van der Waals surface area contributed by atoms with E-state index in [2.05, 4.69) is 32.7 Å². The van der Waals surface area contributed by atoms with Crippen LogP contribution in [0.1, 0.15) is 12.8 Å². The molecular formula is C12H18N4. The highest BCUT2D eigenvalue weighted by Gasteiger charge is 2.26. The van der Waals surface area contributed by atoms with E-state index >= 15 is 0 Å². The molecule has 1 aromatic rings. The van der Waals surface area contributed by atoms with Gasteiger partial charge in [0.15, 0.2) is 0 Å². The van der Waals surface area contributed by atoms with Gasteiger partial charge in [0.05, 0.1) is 0 Å². The van der Waals surface area contributed by atoms with Gasteiger partial charge in [-0.1, -0.05) is 0 Å². The Bertz CT molecular complexity index is 369. The van der Waals surface area contributed by atoms with Gasteiger partial charge >= 0.3 is 0 Å². The summed E-state index contributed by atoms with van der Waals surface area (Å²) >= 11 is 0. The van der Waals surface area contributed by atoms with Gasteiger partial charge in [0, 0.05) is 43.1 Å². The normalized spacial score (nSPS) is 20.7. The fourth-order valence-electron chi connectivity index (χ4n) is 2.00. The van der Waals surface area contributed by atoms with E-state index in [0.29, 0.717) is 12.1 Å². The molecule has 2 N–H and O–H groups in total. The van der Waals surface area contributed by atoms with Gasteiger partial charge in [-0.15, -0.1) is 0 Å². The highest BCUT2D eigenvalue weighted by atomic mass is 15.2.